The van der Waals surface area contributed by atoms with Gasteiger partial charge in [0.2, 0.25) is 0 Å². The van der Waals surface area contributed by atoms with Crippen molar-refractivity contribution in [1.82, 2.24) is 9.78 Å². The van der Waals surface area contributed by atoms with Crippen molar-refractivity contribution in [3.05, 3.63) is 66.4 Å². The van der Waals surface area contributed by atoms with E-state index in [9.17, 15) is 5.11 Å². The van der Waals surface area contributed by atoms with Crippen LogP contribution in [0, 0.1) is 6.92 Å². The predicted molar refractivity (Wildman–Crippen MR) is 85.0 cm³/mol. The Morgan fingerprint density at radius 2 is 1.52 bits per heavy atom. The molecule has 0 saturated heterocycles. The summed E-state index contributed by atoms with van der Waals surface area (Å²) < 4.78 is 1.95. The lowest BCUT2D eigenvalue weighted by Gasteiger charge is -2.07. The molecule has 0 atom stereocenters. The second kappa shape index (κ2) is 4.35. The molecule has 0 aliphatic rings. The average Bonchev–Trinajstić information content (AvgIpc) is 2.86. The highest BCUT2D eigenvalue weighted by atomic mass is 16.3. The number of hydrogen-bond acceptors (Lipinski definition) is 2. The fourth-order valence-electron chi connectivity index (χ4n) is 2.85. The van der Waals surface area contributed by atoms with Crippen molar-refractivity contribution < 1.29 is 5.11 Å². The molecule has 3 nitrogen and oxygen atoms in total. The predicted octanol–water partition coefficient (Wildman–Crippen LogP) is 4.19. The van der Waals surface area contributed by atoms with E-state index in [-0.39, 0.29) is 0 Å². The van der Waals surface area contributed by atoms with Gasteiger partial charge in [0.05, 0.1) is 16.9 Å². The van der Waals surface area contributed by atoms with Crippen LogP contribution in [0.2, 0.25) is 0 Å². The molecule has 0 bridgehead atoms. The minimum absolute atomic E-state index is 0.300. The molecule has 0 aliphatic carbocycles. The van der Waals surface area contributed by atoms with Crippen LogP contribution in [0.1, 0.15) is 5.69 Å². The Bertz CT molecular complexity index is 955. The van der Waals surface area contributed by atoms with E-state index in [2.05, 4.69) is 5.10 Å². The monoisotopic (exact) mass is 274 g/mol. The van der Waals surface area contributed by atoms with Gasteiger partial charge in [-0.2, -0.15) is 5.10 Å². The third-order valence-electron chi connectivity index (χ3n) is 3.85. The van der Waals surface area contributed by atoms with Crippen LogP contribution in [0.4, 0.5) is 0 Å². The topological polar surface area (TPSA) is 38.0 Å². The highest BCUT2D eigenvalue weighted by Gasteiger charge is 2.14. The molecule has 21 heavy (non-hydrogen) atoms. The molecular weight excluding hydrogens is 260 g/mol. The Labute approximate surface area is 122 Å². The van der Waals surface area contributed by atoms with Gasteiger partial charge in [-0.3, -0.25) is 0 Å². The molecule has 0 unspecified atom stereocenters. The Kier molecular flexibility index (Phi) is 2.48. The molecule has 4 rings (SSSR count). The smallest absolute Gasteiger partial charge is 0.124 e. The SMILES string of the molecule is Cc1nn(-c2ccccc2)c2c1cc(O)c1ccccc12. The van der Waals surface area contributed by atoms with Gasteiger partial charge in [-0.15, -0.1) is 0 Å². The van der Waals surface area contributed by atoms with Crippen LogP contribution >= 0.6 is 0 Å². The molecule has 0 aliphatic heterocycles. The lowest BCUT2D eigenvalue weighted by Crippen LogP contribution is -1.96. The Balaban J connectivity index is 2.21. The van der Waals surface area contributed by atoms with E-state index in [1.807, 2.05) is 66.2 Å². The number of para-hydroxylation sites is 1. The molecular formula is C18H14N2O. The molecule has 3 aromatic carbocycles. The molecule has 1 heterocycles. The Morgan fingerprint density at radius 1 is 0.857 bits per heavy atom. The minimum Gasteiger partial charge on any atom is -0.507 e. The number of hydrogen-bond donors (Lipinski definition) is 1. The van der Waals surface area contributed by atoms with E-state index < -0.39 is 0 Å². The summed E-state index contributed by atoms with van der Waals surface area (Å²) in [5.74, 6) is 0.300. The van der Waals surface area contributed by atoms with E-state index >= 15 is 0 Å². The lowest BCUT2D eigenvalue weighted by molar-refractivity contribution is 0.482. The summed E-state index contributed by atoms with van der Waals surface area (Å²) in [6.45, 7) is 1.97. The summed E-state index contributed by atoms with van der Waals surface area (Å²) in [5, 5.41) is 17.7. The van der Waals surface area contributed by atoms with E-state index in [1.54, 1.807) is 6.07 Å². The summed E-state index contributed by atoms with van der Waals surface area (Å²) in [5.41, 5.74) is 2.97. The largest absolute Gasteiger partial charge is 0.507 e. The standard InChI is InChI=1S/C18H14N2O/c1-12-16-11-17(21)14-9-5-6-10-15(14)18(16)20(19-12)13-7-3-2-4-8-13/h2-11,21H,1H3. The zero-order valence-electron chi connectivity index (χ0n) is 11.6. The first-order valence-electron chi connectivity index (χ1n) is 6.91. The van der Waals surface area contributed by atoms with E-state index in [4.69, 9.17) is 0 Å². The van der Waals surface area contributed by atoms with Gasteiger partial charge >= 0.3 is 0 Å². The molecule has 0 radical (unpaired) electrons. The summed E-state index contributed by atoms with van der Waals surface area (Å²) in [6, 6.07) is 19.7. The number of benzene rings is 3. The van der Waals surface area contributed by atoms with E-state index in [0.717, 1.165) is 33.1 Å². The number of aryl methyl sites for hydroxylation is 1. The number of rotatable bonds is 1. The van der Waals surface area contributed by atoms with Crippen molar-refractivity contribution in [1.29, 1.82) is 0 Å². The van der Waals surface area contributed by atoms with Gasteiger partial charge in [0, 0.05) is 16.2 Å². The molecule has 3 heteroatoms. The normalized spacial score (nSPS) is 11.3. The van der Waals surface area contributed by atoms with Crippen LogP contribution in [0.3, 0.4) is 0 Å². The van der Waals surface area contributed by atoms with E-state index in [1.165, 1.54) is 0 Å². The van der Waals surface area contributed by atoms with Crippen molar-refractivity contribution in [2.24, 2.45) is 0 Å². The molecule has 102 valence electrons. The second-order valence-electron chi connectivity index (χ2n) is 5.17. The maximum Gasteiger partial charge on any atom is 0.124 e. The van der Waals surface area contributed by atoms with Crippen LogP contribution in [0.5, 0.6) is 5.75 Å². The van der Waals surface area contributed by atoms with Crippen molar-refractivity contribution in [2.45, 2.75) is 6.92 Å². The summed E-state index contributed by atoms with van der Waals surface area (Å²) in [7, 11) is 0. The van der Waals surface area contributed by atoms with E-state index in [0.29, 0.717) is 5.75 Å². The molecule has 0 fully saturated rings. The fraction of sp³-hybridized carbons (Fsp3) is 0.0556. The van der Waals surface area contributed by atoms with Crippen molar-refractivity contribution in [3.63, 3.8) is 0 Å². The van der Waals surface area contributed by atoms with Gasteiger partial charge in [0.15, 0.2) is 0 Å². The maximum absolute atomic E-state index is 10.2. The van der Waals surface area contributed by atoms with Crippen molar-refractivity contribution in [2.75, 3.05) is 0 Å². The van der Waals surface area contributed by atoms with Crippen LogP contribution in [-0.2, 0) is 0 Å². The fourth-order valence-corrected chi connectivity index (χ4v) is 2.85. The van der Waals surface area contributed by atoms with Crippen molar-refractivity contribution >= 4 is 21.7 Å². The first kappa shape index (κ1) is 12.0. The van der Waals surface area contributed by atoms with Gasteiger partial charge in [-0.05, 0) is 25.1 Å². The van der Waals surface area contributed by atoms with Crippen LogP contribution in [-0.4, -0.2) is 14.9 Å². The summed E-state index contributed by atoms with van der Waals surface area (Å²) in [6.07, 6.45) is 0. The maximum atomic E-state index is 10.2. The number of aromatic nitrogens is 2. The molecule has 0 spiro atoms. The zero-order chi connectivity index (χ0) is 14.4. The van der Waals surface area contributed by atoms with Gasteiger partial charge in [0.25, 0.3) is 0 Å². The first-order valence-corrected chi connectivity index (χ1v) is 6.91. The first-order chi connectivity index (χ1) is 10.3. The van der Waals surface area contributed by atoms with Gasteiger partial charge in [0.1, 0.15) is 5.75 Å². The van der Waals surface area contributed by atoms with Crippen LogP contribution < -0.4 is 0 Å². The number of aromatic hydroxyl groups is 1. The molecule has 0 saturated carbocycles. The van der Waals surface area contributed by atoms with Crippen molar-refractivity contribution in [3.8, 4) is 11.4 Å². The molecule has 1 N–H and O–H groups in total. The third kappa shape index (κ3) is 1.71. The number of fused-ring (bicyclic) bond motifs is 3. The lowest BCUT2D eigenvalue weighted by atomic mass is 10.1. The van der Waals surface area contributed by atoms with Gasteiger partial charge in [-0.25, -0.2) is 4.68 Å². The average molecular weight is 274 g/mol. The molecule has 4 aromatic rings. The van der Waals surface area contributed by atoms with Gasteiger partial charge < -0.3 is 5.11 Å². The Hall–Kier alpha value is -2.81. The minimum atomic E-state index is 0.300. The number of nitrogens with zero attached hydrogens (tertiary/aromatic N) is 2. The highest BCUT2D eigenvalue weighted by molar-refractivity contribution is 6.09. The molecule has 0 amide bonds. The quantitative estimate of drug-likeness (QED) is 0.565. The van der Waals surface area contributed by atoms with Gasteiger partial charge in [-0.1, -0.05) is 42.5 Å². The second-order valence-corrected chi connectivity index (χ2v) is 5.17. The zero-order valence-corrected chi connectivity index (χ0v) is 11.6. The Morgan fingerprint density at radius 3 is 2.29 bits per heavy atom. The number of phenols is 1. The van der Waals surface area contributed by atoms with Crippen LogP contribution in [0.15, 0.2) is 60.7 Å². The van der Waals surface area contributed by atoms with Crippen LogP contribution in [0.25, 0.3) is 27.4 Å². The summed E-state index contributed by atoms with van der Waals surface area (Å²) in [4.78, 5) is 0. The number of phenolic OH excluding ortho intramolecular Hbond substituents is 1. The highest BCUT2D eigenvalue weighted by Crippen LogP contribution is 2.35. The molecule has 1 aromatic heterocycles. The third-order valence-corrected chi connectivity index (χ3v) is 3.85. The summed E-state index contributed by atoms with van der Waals surface area (Å²) >= 11 is 0.